The van der Waals surface area contributed by atoms with Crippen LogP contribution in [0.4, 0.5) is 0 Å². The van der Waals surface area contributed by atoms with E-state index < -0.39 is 0 Å². The molecule has 1 aliphatic carbocycles. The molecule has 1 aromatic rings. The largest absolute Gasteiger partial charge is 0.357 e. The Morgan fingerprint density at radius 3 is 2.28 bits per heavy atom. The summed E-state index contributed by atoms with van der Waals surface area (Å²) in [4.78, 5) is 21.9. The Kier molecular flexibility index (Phi) is 8.21. The third-order valence-corrected chi connectivity index (χ3v) is 6.61. The van der Waals surface area contributed by atoms with Crippen molar-refractivity contribution >= 4 is 35.8 Å². The van der Waals surface area contributed by atoms with Gasteiger partial charge in [-0.05, 0) is 49.1 Å². The molecule has 2 unspecified atom stereocenters. The van der Waals surface area contributed by atoms with Crippen molar-refractivity contribution in [2.45, 2.75) is 58.5 Å². The molecule has 2 fully saturated rings. The summed E-state index contributed by atoms with van der Waals surface area (Å²) < 4.78 is 0. The summed E-state index contributed by atoms with van der Waals surface area (Å²) in [5.41, 5.74) is 2.58. The lowest BCUT2D eigenvalue weighted by Gasteiger charge is -2.22. The zero-order chi connectivity index (χ0) is 19.3. The number of carbonyl (C=O) groups excluding carboxylic acids is 1. The minimum atomic E-state index is 0. The Bertz CT molecular complexity index is 684. The van der Waals surface area contributed by atoms with Crippen LogP contribution >= 0.6 is 24.0 Å². The first-order valence-electron chi connectivity index (χ1n) is 11.1. The highest BCUT2D eigenvalue weighted by molar-refractivity contribution is 14.0. The number of fused-ring (bicyclic) bond motifs is 2. The highest BCUT2D eigenvalue weighted by atomic mass is 127. The molecule has 3 aliphatic rings. The van der Waals surface area contributed by atoms with Crippen molar-refractivity contribution in [3.05, 3.63) is 35.4 Å². The first-order valence-corrected chi connectivity index (χ1v) is 11.1. The van der Waals surface area contributed by atoms with Gasteiger partial charge in [-0.1, -0.05) is 37.1 Å². The lowest BCUT2D eigenvalue weighted by molar-refractivity contribution is -0.131. The summed E-state index contributed by atoms with van der Waals surface area (Å²) in [5, 5.41) is 3.47. The van der Waals surface area contributed by atoms with Gasteiger partial charge in [-0.25, -0.2) is 0 Å². The van der Waals surface area contributed by atoms with Crippen LogP contribution in [-0.2, 0) is 17.9 Å². The number of guanidine groups is 1. The smallest absolute Gasteiger partial charge is 0.223 e. The van der Waals surface area contributed by atoms with Crippen molar-refractivity contribution in [2.75, 3.05) is 26.2 Å². The van der Waals surface area contributed by atoms with Crippen LogP contribution in [0.15, 0.2) is 29.3 Å². The molecule has 0 aromatic heterocycles. The van der Waals surface area contributed by atoms with Crippen LogP contribution in [-0.4, -0.2) is 47.8 Å². The molecule has 0 radical (unpaired) electrons. The predicted molar refractivity (Wildman–Crippen MR) is 128 cm³/mol. The summed E-state index contributed by atoms with van der Waals surface area (Å²) in [6, 6.07) is 8.36. The van der Waals surface area contributed by atoms with Gasteiger partial charge < -0.3 is 15.1 Å². The highest BCUT2D eigenvalue weighted by Gasteiger charge is 2.35. The number of aliphatic imine (C=N–C) groups is 1. The van der Waals surface area contributed by atoms with E-state index in [4.69, 9.17) is 4.99 Å². The van der Waals surface area contributed by atoms with Crippen molar-refractivity contribution < 1.29 is 4.79 Å². The molecular weight excluding hydrogens is 475 g/mol. The fraction of sp³-hybridized carbons (Fsp3) is 0.652. The lowest BCUT2D eigenvalue weighted by atomic mass is 9.82. The first-order chi connectivity index (χ1) is 13.7. The van der Waals surface area contributed by atoms with Crippen LogP contribution in [0.25, 0.3) is 0 Å². The molecule has 0 spiro atoms. The zero-order valence-electron chi connectivity index (χ0n) is 17.6. The molecule has 2 heterocycles. The Labute approximate surface area is 192 Å². The molecule has 0 bridgehead atoms. The van der Waals surface area contributed by atoms with Crippen LogP contribution in [0.5, 0.6) is 0 Å². The van der Waals surface area contributed by atoms with Gasteiger partial charge in [0.25, 0.3) is 0 Å². The van der Waals surface area contributed by atoms with Crippen molar-refractivity contribution in [3.63, 3.8) is 0 Å². The summed E-state index contributed by atoms with van der Waals surface area (Å²) in [7, 11) is 0. The molecule has 1 N–H and O–H groups in total. The lowest BCUT2D eigenvalue weighted by Crippen LogP contribution is -2.40. The van der Waals surface area contributed by atoms with Crippen molar-refractivity contribution in [1.29, 1.82) is 0 Å². The number of hydrogen-bond acceptors (Lipinski definition) is 2. The van der Waals surface area contributed by atoms with E-state index in [-0.39, 0.29) is 29.9 Å². The van der Waals surface area contributed by atoms with Crippen LogP contribution in [0.1, 0.15) is 56.6 Å². The summed E-state index contributed by atoms with van der Waals surface area (Å²) in [6.07, 6.45) is 6.96. The number of amides is 1. The van der Waals surface area contributed by atoms with E-state index >= 15 is 0 Å². The monoisotopic (exact) mass is 510 g/mol. The molecule has 29 heavy (non-hydrogen) atoms. The molecule has 2 aliphatic heterocycles. The molecule has 1 saturated carbocycles. The molecular formula is C23H35IN4O. The summed E-state index contributed by atoms with van der Waals surface area (Å²) in [6.45, 7) is 7.58. The number of rotatable bonds is 5. The number of halogens is 1. The minimum Gasteiger partial charge on any atom is -0.357 e. The van der Waals surface area contributed by atoms with Crippen molar-refractivity contribution in [3.8, 4) is 0 Å². The molecule has 2 atom stereocenters. The maximum Gasteiger partial charge on any atom is 0.223 e. The van der Waals surface area contributed by atoms with Crippen LogP contribution < -0.4 is 5.32 Å². The second kappa shape index (κ2) is 10.6. The second-order valence-corrected chi connectivity index (χ2v) is 8.57. The van der Waals surface area contributed by atoms with Gasteiger partial charge in [0.05, 0.1) is 0 Å². The van der Waals surface area contributed by atoms with Crippen LogP contribution in [0.2, 0.25) is 0 Å². The van der Waals surface area contributed by atoms with E-state index in [0.29, 0.717) is 6.42 Å². The van der Waals surface area contributed by atoms with E-state index in [1.807, 2.05) is 4.90 Å². The Morgan fingerprint density at radius 2 is 1.69 bits per heavy atom. The SMILES string of the molecule is CCNC(=NCCCC(=O)N1Cc2ccccc2C1)N1CC2CCCCC2C1.I. The van der Waals surface area contributed by atoms with Crippen LogP contribution in [0, 0.1) is 11.8 Å². The third-order valence-electron chi connectivity index (χ3n) is 6.61. The quantitative estimate of drug-likeness (QED) is 0.282. The average molecular weight is 510 g/mol. The first kappa shape index (κ1) is 22.4. The van der Waals surface area contributed by atoms with Crippen LogP contribution in [0.3, 0.4) is 0 Å². The number of carbonyl (C=O) groups is 1. The summed E-state index contributed by atoms with van der Waals surface area (Å²) in [5.74, 6) is 3.02. The number of benzene rings is 1. The minimum absolute atomic E-state index is 0. The highest BCUT2D eigenvalue weighted by Crippen LogP contribution is 2.36. The Balaban J connectivity index is 0.00000240. The van der Waals surface area contributed by atoms with Gasteiger partial charge >= 0.3 is 0 Å². The number of nitrogens with one attached hydrogen (secondary N) is 1. The number of likely N-dealkylation sites (tertiary alicyclic amines) is 1. The predicted octanol–water partition coefficient (Wildman–Crippen LogP) is 4.01. The normalized spacial score (nSPS) is 23.4. The van der Waals surface area contributed by atoms with E-state index in [1.165, 1.54) is 36.8 Å². The van der Waals surface area contributed by atoms with Gasteiger partial charge in [0, 0.05) is 45.7 Å². The maximum atomic E-state index is 12.6. The number of nitrogens with zero attached hydrogens (tertiary/aromatic N) is 3. The van der Waals surface area contributed by atoms with Gasteiger partial charge in [0.1, 0.15) is 0 Å². The molecule has 1 aromatic carbocycles. The molecule has 1 amide bonds. The Morgan fingerprint density at radius 1 is 1.07 bits per heavy atom. The molecule has 4 rings (SSSR count). The van der Waals surface area contributed by atoms with Gasteiger partial charge in [0.15, 0.2) is 5.96 Å². The maximum absolute atomic E-state index is 12.6. The number of hydrogen-bond donors (Lipinski definition) is 1. The van der Waals surface area contributed by atoms with Gasteiger partial charge in [-0.2, -0.15) is 0 Å². The molecule has 1 saturated heterocycles. The molecule has 6 heteroatoms. The fourth-order valence-corrected chi connectivity index (χ4v) is 5.09. The van der Waals surface area contributed by atoms with Gasteiger partial charge in [-0.15, -0.1) is 24.0 Å². The van der Waals surface area contributed by atoms with E-state index in [2.05, 4.69) is 41.4 Å². The van der Waals surface area contributed by atoms with E-state index in [9.17, 15) is 4.79 Å². The topological polar surface area (TPSA) is 47.9 Å². The van der Waals surface area contributed by atoms with Crippen molar-refractivity contribution in [1.82, 2.24) is 15.1 Å². The molecule has 5 nitrogen and oxygen atoms in total. The molecule has 160 valence electrons. The second-order valence-electron chi connectivity index (χ2n) is 8.57. The average Bonchev–Trinajstić information content (AvgIpc) is 3.34. The van der Waals surface area contributed by atoms with Crippen molar-refractivity contribution in [2.24, 2.45) is 16.8 Å². The van der Waals surface area contributed by atoms with Gasteiger partial charge in [0.2, 0.25) is 5.91 Å². The zero-order valence-corrected chi connectivity index (χ0v) is 19.9. The van der Waals surface area contributed by atoms with Gasteiger partial charge in [-0.3, -0.25) is 9.79 Å². The standard InChI is InChI=1S/C23H34N4O.HI/c1-2-24-23(27-16-20-10-5-6-11-21(20)17-27)25-13-7-12-22(28)26-14-18-8-3-4-9-19(18)15-26;/h3-4,8-9,20-21H,2,5-7,10-17H2,1H3,(H,24,25);1H. The van der Waals surface area contributed by atoms with E-state index in [0.717, 1.165) is 63.5 Å². The Hall–Kier alpha value is -1.31. The summed E-state index contributed by atoms with van der Waals surface area (Å²) >= 11 is 0. The third kappa shape index (κ3) is 5.44. The van der Waals surface area contributed by atoms with E-state index in [1.54, 1.807) is 0 Å². The fourth-order valence-electron chi connectivity index (χ4n) is 5.09.